The van der Waals surface area contributed by atoms with Crippen LogP contribution in [-0.2, 0) is 6.54 Å². The first kappa shape index (κ1) is 15.6. The van der Waals surface area contributed by atoms with Gasteiger partial charge >= 0.3 is 0 Å². The second-order valence-electron chi connectivity index (χ2n) is 5.75. The fourth-order valence-electron chi connectivity index (χ4n) is 3.40. The lowest BCUT2D eigenvalue weighted by Gasteiger charge is -2.39. The normalized spacial score (nSPS) is 26.5. The number of fused-ring (bicyclic) bond motifs is 1. The van der Waals surface area contributed by atoms with Crippen LogP contribution in [0.3, 0.4) is 0 Å². The van der Waals surface area contributed by atoms with Crippen molar-refractivity contribution in [3.8, 4) is 0 Å². The highest BCUT2D eigenvalue weighted by Gasteiger charge is 2.40. The summed E-state index contributed by atoms with van der Waals surface area (Å²) < 4.78 is 3.31. The van der Waals surface area contributed by atoms with E-state index >= 15 is 0 Å². The molecule has 0 spiro atoms. The standard InChI is InChI=1S/C14H19Br2N2.ClH/c1-18(12-5-3-2-4-6-12)9-10-7-11(15)8-13(16)14(10)17-18;/h7-8,12,17H,2-6,9H2,1H3;1H/q+1;/p-1. The zero-order valence-electron chi connectivity index (χ0n) is 11.1. The third-order valence-electron chi connectivity index (χ3n) is 4.38. The van der Waals surface area contributed by atoms with Crippen molar-refractivity contribution < 1.29 is 17.0 Å². The molecule has 106 valence electrons. The molecule has 1 aliphatic heterocycles. The Labute approximate surface area is 138 Å². The minimum atomic E-state index is 0. The predicted octanol–water partition coefficient (Wildman–Crippen LogP) is 1.84. The number of benzene rings is 1. The van der Waals surface area contributed by atoms with E-state index in [-0.39, 0.29) is 12.4 Å². The van der Waals surface area contributed by atoms with Crippen LogP contribution in [0.4, 0.5) is 5.69 Å². The van der Waals surface area contributed by atoms with Crippen LogP contribution in [0.5, 0.6) is 0 Å². The van der Waals surface area contributed by atoms with Crippen molar-refractivity contribution >= 4 is 37.5 Å². The highest BCUT2D eigenvalue weighted by Crippen LogP contribution is 2.41. The van der Waals surface area contributed by atoms with Gasteiger partial charge in [0.05, 0.1) is 7.05 Å². The van der Waals surface area contributed by atoms with E-state index in [1.807, 2.05) is 0 Å². The Morgan fingerprint density at radius 3 is 2.53 bits per heavy atom. The summed E-state index contributed by atoms with van der Waals surface area (Å²) in [6.45, 7) is 1.10. The average molecular weight is 411 g/mol. The van der Waals surface area contributed by atoms with Crippen LogP contribution in [0.15, 0.2) is 21.1 Å². The Bertz CT molecular complexity index is 475. The maximum absolute atomic E-state index is 3.75. The Morgan fingerprint density at radius 2 is 1.84 bits per heavy atom. The van der Waals surface area contributed by atoms with Crippen molar-refractivity contribution in [2.75, 3.05) is 12.5 Å². The lowest BCUT2D eigenvalue weighted by molar-refractivity contribution is -0.922. The molecular weight excluding hydrogens is 391 g/mol. The van der Waals surface area contributed by atoms with E-state index in [2.05, 4.69) is 56.5 Å². The molecular formula is C14H19Br2ClN2. The van der Waals surface area contributed by atoms with Crippen LogP contribution in [0.2, 0.25) is 0 Å². The number of halogens is 3. The minimum absolute atomic E-state index is 0. The summed E-state index contributed by atoms with van der Waals surface area (Å²) in [5, 5.41) is 0. The van der Waals surface area contributed by atoms with Gasteiger partial charge in [0.15, 0.2) is 0 Å². The molecule has 0 bridgehead atoms. The number of hydrogen-bond donors (Lipinski definition) is 1. The molecule has 1 aromatic rings. The topological polar surface area (TPSA) is 12.0 Å². The van der Waals surface area contributed by atoms with Crippen LogP contribution in [-0.4, -0.2) is 17.7 Å². The molecule has 0 radical (unpaired) electrons. The first-order chi connectivity index (χ1) is 8.58. The number of nitrogens with one attached hydrogen (secondary N) is 1. The monoisotopic (exact) mass is 408 g/mol. The molecule has 1 heterocycles. The lowest BCUT2D eigenvalue weighted by atomic mass is 9.94. The van der Waals surface area contributed by atoms with Gasteiger partial charge < -0.3 is 12.4 Å². The van der Waals surface area contributed by atoms with Crippen molar-refractivity contribution in [1.82, 2.24) is 0 Å². The molecule has 1 fully saturated rings. The first-order valence-corrected chi connectivity index (χ1v) is 8.28. The fourth-order valence-corrected chi connectivity index (χ4v) is 4.80. The molecule has 0 saturated heterocycles. The molecule has 5 heteroatoms. The van der Waals surface area contributed by atoms with Gasteiger partial charge in [0.1, 0.15) is 18.3 Å². The van der Waals surface area contributed by atoms with Crippen molar-refractivity contribution in [2.24, 2.45) is 0 Å². The smallest absolute Gasteiger partial charge is 0.129 e. The minimum Gasteiger partial charge on any atom is -1.00 e. The van der Waals surface area contributed by atoms with Crippen molar-refractivity contribution in [2.45, 2.75) is 44.7 Å². The van der Waals surface area contributed by atoms with E-state index in [1.54, 1.807) is 0 Å². The summed E-state index contributed by atoms with van der Waals surface area (Å²) in [7, 11) is 2.34. The van der Waals surface area contributed by atoms with E-state index in [0.717, 1.165) is 21.7 Å². The Hall–Kier alpha value is 0.230. The number of nitrogens with zero attached hydrogens (tertiary/aromatic N) is 1. The molecule has 1 aliphatic carbocycles. The number of hydrogen-bond acceptors (Lipinski definition) is 1. The zero-order valence-corrected chi connectivity index (χ0v) is 15.0. The van der Waals surface area contributed by atoms with Crippen LogP contribution in [0.1, 0.15) is 37.7 Å². The third-order valence-corrected chi connectivity index (χ3v) is 5.47. The van der Waals surface area contributed by atoms with Crippen LogP contribution < -0.4 is 17.8 Å². The average Bonchev–Trinajstić information content (AvgIpc) is 2.69. The molecule has 1 atom stereocenters. The molecule has 2 nitrogen and oxygen atoms in total. The van der Waals surface area contributed by atoms with Gasteiger partial charge in [-0.2, -0.15) is 0 Å². The van der Waals surface area contributed by atoms with Gasteiger partial charge in [-0.3, -0.25) is 0 Å². The van der Waals surface area contributed by atoms with E-state index in [1.165, 1.54) is 47.8 Å². The third kappa shape index (κ3) is 2.97. The second kappa shape index (κ2) is 5.92. The van der Waals surface area contributed by atoms with Crippen molar-refractivity contribution in [3.63, 3.8) is 0 Å². The molecule has 0 aromatic heterocycles. The van der Waals surface area contributed by atoms with Crippen LogP contribution in [0.25, 0.3) is 0 Å². The van der Waals surface area contributed by atoms with Crippen molar-refractivity contribution in [3.05, 3.63) is 26.6 Å². The van der Waals surface area contributed by atoms with Crippen LogP contribution >= 0.6 is 31.9 Å². The second-order valence-corrected chi connectivity index (χ2v) is 7.52. The van der Waals surface area contributed by atoms with Gasteiger partial charge in [-0.25, -0.2) is 10.0 Å². The quantitative estimate of drug-likeness (QED) is 0.697. The van der Waals surface area contributed by atoms with E-state index in [9.17, 15) is 0 Å². The highest BCUT2D eigenvalue weighted by molar-refractivity contribution is 9.11. The molecule has 3 rings (SSSR count). The Balaban J connectivity index is 0.00000133. The van der Waals surface area contributed by atoms with Gasteiger partial charge in [-0.15, -0.1) is 0 Å². The summed E-state index contributed by atoms with van der Waals surface area (Å²) in [6, 6.07) is 5.14. The van der Waals surface area contributed by atoms with Gasteiger partial charge in [0.2, 0.25) is 0 Å². The molecule has 0 amide bonds. The molecule has 1 saturated carbocycles. The van der Waals surface area contributed by atoms with Crippen molar-refractivity contribution in [1.29, 1.82) is 0 Å². The SMILES string of the molecule is C[N+]1(C2CCCCC2)Cc2cc(Br)cc(Br)c2N1.[Cl-]. The first-order valence-electron chi connectivity index (χ1n) is 6.70. The molecule has 2 aliphatic rings. The molecule has 19 heavy (non-hydrogen) atoms. The van der Waals surface area contributed by atoms with E-state index in [0.29, 0.717) is 0 Å². The van der Waals surface area contributed by atoms with Gasteiger partial charge in [0.25, 0.3) is 0 Å². The fraction of sp³-hybridized carbons (Fsp3) is 0.571. The summed E-state index contributed by atoms with van der Waals surface area (Å²) in [4.78, 5) is 0. The Kier molecular flexibility index (Phi) is 4.87. The number of quaternary nitrogens is 1. The predicted molar refractivity (Wildman–Crippen MR) is 82.2 cm³/mol. The summed E-state index contributed by atoms with van der Waals surface area (Å²) >= 11 is 7.26. The largest absolute Gasteiger partial charge is 1.00 e. The Morgan fingerprint density at radius 1 is 1.16 bits per heavy atom. The summed E-state index contributed by atoms with van der Waals surface area (Å²) in [5.74, 6) is 0. The van der Waals surface area contributed by atoms with E-state index < -0.39 is 0 Å². The maximum Gasteiger partial charge on any atom is 0.129 e. The van der Waals surface area contributed by atoms with E-state index in [4.69, 9.17) is 0 Å². The molecule has 1 aromatic carbocycles. The maximum atomic E-state index is 3.75. The number of rotatable bonds is 1. The van der Waals surface area contributed by atoms with Crippen LogP contribution in [0, 0.1) is 0 Å². The van der Waals surface area contributed by atoms with Gasteiger partial charge in [0, 0.05) is 27.4 Å². The highest BCUT2D eigenvalue weighted by atomic mass is 79.9. The lowest BCUT2D eigenvalue weighted by Crippen LogP contribution is -3.00. The molecule has 1 unspecified atom stereocenters. The zero-order chi connectivity index (χ0) is 12.8. The summed E-state index contributed by atoms with van der Waals surface area (Å²) in [5.41, 5.74) is 6.45. The van der Waals surface area contributed by atoms with Gasteiger partial charge in [-0.1, -0.05) is 22.4 Å². The van der Waals surface area contributed by atoms with Gasteiger partial charge in [-0.05, 0) is 40.9 Å². The summed E-state index contributed by atoms with van der Waals surface area (Å²) in [6.07, 6.45) is 6.91. The molecule has 1 N–H and O–H groups in total. The number of anilines is 1.